The average Bonchev–Trinajstić information content (AvgIpc) is 2.66. The highest BCUT2D eigenvalue weighted by atomic mass is 16.5. The van der Waals surface area contributed by atoms with E-state index in [1.165, 1.54) is 0 Å². The van der Waals surface area contributed by atoms with Gasteiger partial charge in [-0.15, -0.1) is 0 Å². The lowest BCUT2D eigenvalue weighted by Gasteiger charge is -2.29. The summed E-state index contributed by atoms with van der Waals surface area (Å²) in [6, 6.07) is 17.2. The van der Waals surface area contributed by atoms with Crippen LogP contribution in [0.3, 0.4) is 0 Å². The van der Waals surface area contributed by atoms with E-state index < -0.39 is 0 Å². The molecule has 25 heavy (non-hydrogen) atoms. The van der Waals surface area contributed by atoms with Crippen LogP contribution in [0.15, 0.2) is 54.6 Å². The highest BCUT2D eigenvalue weighted by Crippen LogP contribution is 2.31. The van der Waals surface area contributed by atoms with Crippen molar-refractivity contribution < 1.29 is 14.3 Å². The van der Waals surface area contributed by atoms with Crippen LogP contribution in [0.4, 0.5) is 5.69 Å². The van der Waals surface area contributed by atoms with Crippen molar-refractivity contribution in [1.82, 2.24) is 5.32 Å². The minimum atomic E-state index is -0.119. The van der Waals surface area contributed by atoms with Crippen LogP contribution < -0.4 is 15.0 Å². The van der Waals surface area contributed by atoms with Gasteiger partial charge in [-0.3, -0.25) is 9.59 Å². The molecule has 1 unspecified atom stereocenters. The molecule has 5 nitrogen and oxygen atoms in total. The first-order valence-electron chi connectivity index (χ1n) is 8.51. The molecule has 2 aromatic carbocycles. The standard InChI is InChI=1S/C20H22N2O3/c1-15(16-7-3-2-4-8-16)21-19(23)11-12-20(24)22-13-14-25-18-10-6-5-9-17(18)22/h2-10,15H,11-14H2,1H3,(H,21,23). The molecule has 0 aromatic heterocycles. The first-order chi connectivity index (χ1) is 12.1. The third-order valence-corrected chi connectivity index (χ3v) is 4.27. The molecule has 0 spiro atoms. The van der Waals surface area contributed by atoms with E-state index >= 15 is 0 Å². The molecule has 130 valence electrons. The summed E-state index contributed by atoms with van der Waals surface area (Å²) in [6.07, 6.45) is 0.358. The molecule has 0 saturated heterocycles. The second kappa shape index (κ2) is 7.83. The highest BCUT2D eigenvalue weighted by Gasteiger charge is 2.23. The number of hydrogen-bond donors (Lipinski definition) is 1. The van der Waals surface area contributed by atoms with Crippen LogP contribution in [-0.2, 0) is 9.59 Å². The third-order valence-electron chi connectivity index (χ3n) is 4.27. The molecule has 1 aliphatic rings. The van der Waals surface area contributed by atoms with E-state index in [9.17, 15) is 9.59 Å². The van der Waals surface area contributed by atoms with Crippen LogP contribution >= 0.6 is 0 Å². The van der Waals surface area contributed by atoms with Gasteiger partial charge in [0.05, 0.1) is 18.3 Å². The summed E-state index contributed by atoms with van der Waals surface area (Å²) in [5.74, 6) is 0.536. The maximum absolute atomic E-state index is 12.5. The number of fused-ring (bicyclic) bond motifs is 1. The summed E-state index contributed by atoms with van der Waals surface area (Å²) in [5, 5.41) is 2.94. The van der Waals surface area contributed by atoms with Crippen LogP contribution in [0.1, 0.15) is 31.4 Å². The van der Waals surface area contributed by atoms with Gasteiger partial charge in [-0.2, -0.15) is 0 Å². The molecular weight excluding hydrogens is 316 g/mol. The first kappa shape index (κ1) is 17.0. The Hall–Kier alpha value is -2.82. The van der Waals surface area contributed by atoms with Crippen LogP contribution in [0.25, 0.3) is 0 Å². The Morgan fingerprint density at radius 2 is 1.80 bits per heavy atom. The topological polar surface area (TPSA) is 58.6 Å². The van der Waals surface area contributed by atoms with E-state index in [1.807, 2.05) is 61.5 Å². The van der Waals surface area contributed by atoms with Crippen molar-refractivity contribution >= 4 is 17.5 Å². The van der Waals surface area contributed by atoms with Crippen molar-refractivity contribution in [2.75, 3.05) is 18.1 Å². The van der Waals surface area contributed by atoms with Gasteiger partial charge < -0.3 is 15.0 Å². The molecule has 0 saturated carbocycles. The lowest BCUT2D eigenvalue weighted by atomic mass is 10.1. The van der Waals surface area contributed by atoms with Gasteiger partial charge >= 0.3 is 0 Å². The van der Waals surface area contributed by atoms with Gasteiger partial charge in [-0.1, -0.05) is 42.5 Å². The number of para-hydroxylation sites is 2. The average molecular weight is 338 g/mol. The fourth-order valence-electron chi connectivity index (χ4n) is 2.92. The summed E-state index contributed by atoms with van der Waals surface area (Å²) in [6.45, 7) is 2.92. The van der Waals surface area contributed by atoms with Crippen LogP contribution in [0.2, 0.25) is 0 Å². The zero-order chi connectivity index (χ0) is 17.6. The number of benzene rings is 2. The van der Waals surface area contributed by atoms with Crippen LogP contribution in [0.5, 0.6) is 5.75 Å². The summed E-state index contributed by atoms with van der Waals surface area (Å²) < 4.78 is 5.56. The smallest absolute Gasteiger partial charge is 0.227 e. The number of ether oxygens (including phenoxy) is 1. The monoisotopic (exact) mass is 338 g/mol. The largest absolute Gasteiger partial charge is 0.490 e. The van der Waals surface area contributed by atoms with Gasteiger partial charge in [0, 0.05) is 12.8 Å². The lowest BCUT2D eigenvalue weighted by Crippen LogP contribution is -2.38. The van der Waals surface area contributed by atoms with Crippen LogP contribution in [0, 0.1) is 0 Å². The zero-order valence-corrected chi connectivity index (χ0v) is 14.3. The summed E-state index contributed by atoms with van der Waals surface area (Å²) in [4.78, 5) is 26.4. The maximum Gasteiger partial charge on any atom is 0.227 e. The van der Waals surface area contributed by atoms with Crippen molar-refractivity contribution in [1.29, 1.82) is 0 Å². The predicted molar refractivity (Wildman–Crippen MR) is 96.5 cm³/mol. The molecule has 0 aliphatic carbocycles. The molecule has 0 fully saturated rings. The van der Waals surface area contributed by atoms with Crippen LogP contribution in [-0.4, -0.2) is 25.0 Å². The summed E-state index contributed by atoms with van der Waals surface area (Å²) >= 11 is 0. The fourth-order valence-corrected chi connectivity index (χ4v) is 2.92. The number of amides is 2. The molecule has 1 heterocycles. The SMILES string of the molecule is CC(NC(=O)CCC(=O)N1CCOc2ccccc21)c1ccccc1. The highest BCUT2D eigenvalue weighted by molar-refractivity contribution is 5.97. The van der Waals surface area contributed by atoms with E-state index in [0.717, 1.165) is 11.3 Å². The zero-order valence-electron chi connectivity index (χ0n) is 14.3. The minimum Gasteiger partial charge on any atom is -0.490 e. The van der Waals surface area contributed by atoms with Gasteiger partial charge in [0.15, 0.2) is 0 Å². The Kier molecular flexibility index (Phi) is 5.33. The van der Waals surface area contributed by atoms with E-state index in [0.29, 0.717) is 18.9 Å². The van der Waals surface area contributed by atoms with Gasteiger partial charge in [0.1, 0.15) is 12.4 Å². The van der Waals surface area contributed by atoms with Crippen molar-refractivity contribution in [2.24, 2.45) is 0 Å². The van der Waals surface area contributed by atoms with Gasteiger partial charge in [-0.25, -0.2) is 0 Å². The number of rotatable bonds is 5. The molecule has 0 radical (unpaired) electrons. The molecule has 5 heteroatoms. The number of hydrogen-bond acceptors (Lipinski definition) is 3. The normalized spacial score (nSPS) is 14.2. The molecule has 1 atom stereocenters. The molecular formula is C20H22N2O3. The van der Waals surface area contributed by atoms with E-state index in [-0.39, 0.29) is 30.7 Å². The Bertz CT molecular complexity index is 746. The van der Waals surface area contributed by atoms with Crippen molar-refractivity contribution in [2.45, 2.75) is 25.8 Å². The quantitative estimate of drug-likeness (QED) is 0.911. The second-order valence-electron chi connectivity index (χ2n) is 6.06. The molecule has 2 aromatic rings. The number of carbonyl (C=O) groups is 2. The Balaban J connectivity index is 1.53. The molecule has 3 rings (SSSR count). The Morgan fingerprint density at radius 1 is 1.08 bits per heavy atom. The molecule has 1 aliphatic heterocycles. The summed E-state index contributed by atoms with van der Waals surface area (Å²) in [7, 11) is 0. The van der Waals surface area contributed by atoms with Gasteiger partial charge in [-0.05, 0) is 24.6 Å². The summed E-state index contributed by atoms with van der Waals surface area (Å²) in [5.41, 5.74) is 1.82. The van der Waals surface area contributed by atoms with Crippen molar-refractivity contribution in [3.63, 3.8) is 0 Å². The molecule has 2 amide bonds. The minimum absolute atomic E-state index is 0.0572. The second-order valence-corrected chi connectivity index (χ2v) is 6.06. The van der Waals surface area contributed by atoms with E-state index in [2.05, 4.69) is 5.32 Å². The number of anilines is 1. The van der Waals surface area contributed by atoms with Crippen molar-refractivity contribution in [3.05, 3.63) is 60.2 Å². The Labute approximate surface area is 147 Å². The van der Waals surface area contributed by atoms with Crippen molar-refractivity contribution in [3.8, 4) is 5.75 Å². The Morgan fingerprint density at radius 3 is 2.60 bits per heavy atom. The lowest BCUT2D eigenvalue weighted by molar-refractivity contribution is -0.125. The molecule has 0 bridgehead atoms. The number of nitrogens with zero attached hydrogens (tertiary/aromatic N) is 1. The number of nitrogens with one attached hydrogen (secondary N) is 1. The third kappa shape index (κ3) is 4.18. The number of carbonyl (C=O) groups excluding carboxylic acids is 2. The van der Waals surface area contributed by atoms with Gasteiger partial charge in [0.2, 0.25) is 11.8 Å². The fraction of sp³-hybridized carbons (Fsp3) is 0.300. The van der Waals surface area contributed by atoms with Gasteiger partial charge in [0.25, 0.3) is 0 Å². The van der Waals surface area contributed by atoms with E-state index in [1.54, 1.807) is 4.90 Å². The predicted octanol–water partition coefficient (Wildman–Crippen LogP) is 3.07. The van der Waals surface area contributed by atoms with E-state index in [4.69, 9.17) is 4.74 Å². The molecule has 1 N–H and O–H groups in total. The first-order valence-corrected chi connectivity index (χ1v) is 8.51. The maximum atomic E-state index is 12.5.